The van der Waals surface area contributed by atoms with Gasteiger partial charge in [0, 0.05) is 17.5 Å². The van der Waals surface area contributed by atoms with Crippen LogP contribution in [-0.4, -0.2) is 39.5 Å². The van der Waals surface area contributed by atoms with E-state index in [0.29, 0.717) is 30.5 Å². The number of azide groups is 1. The number of fused-ring (bicyclic) bond motifs is 2. The fraction of sp³-hybridized carbons (Fsp3) is 0.500. The number of amides is 1. The average Bonchev–Trinajstić information content (AvgIpc) is 2.65. The van der Waals surface area contributed by atoms with Gasteiger partial charge in [-0.1, -0.05) is 0 Å². The Hall–Kier alpha value is -2.60. The Kier molecular flexibility index (Phi) is 3.68. The van der Waals surface area contributed by atoms with Crippen molar-refractivity contribution in [3.63, 3.8) is 0 Å². The van der Waals surface area contributed by atoms with Crippen molar-refractivity contribution in [3.05, 3.63) is 33.8 Å². The third-order valence-electron chi connectivity index (χ3n) is 4.37. The van der Waals surface area contributed by atoms with Crippen molar-refractivity contribution < 1.29 is 14.7 Å². The zero-order chi connectivity index (χ0) is 15.7. The molecule has 8 heteroatoms. The van der Waals surface area contributed by atoms with Crippen molar-refractivity contribution in [1.29, 1.82) is 0 Å². The van der Waals surface area contributed by atoms with Crippen LogP contribution in [0.15, 0.2) is 17.2 Å². The molecule has 22 heavy (non-hydrogen) atoms. The van der Waals surface area contributed by atoms with Gasteiger partial charge in [-0.3, -0.25) is 14.6 Å². The van der Waals surface area contributed by atoms with E-state index in [1.54, 1.807) is 11.0 Å². The van der Waals surface area contributed by atoms with Crippen molar-refractivity contribution in [3.8, 4) is 0 Å². The number of hydrogen-bond acceptors (Lipinski definition) is 4. The predicted octanol–water partition coefficient (Wildman–Crippen LogP) is 2.27. The summed E-state index contributed by atoms with van der Waals surface area (Å²) in [6.07, 6.45) is 2.66. The number of carboxylic acid groups (broad SMARTS) is 1. The van der Waals surface area contributed by atoms with Crippen LogP contribution in [0.1, 0.15) is 35.3 Å². The molecule has 0 spiro atoms. The summed E-state index contributed by atoms with van der Waals surface area (Å²) < 4.78 is 0. The first-order valence-electron chi connectivity index (χ1n) is 7.19. The Bertz CT molecular complexity index is 683. The molecular formula is C14H15N5O3. The number of nitrogens with zero attached hydrogens (tertiary/aromatic N) is 5. The van der Waals surface area contributed by atoms with Gasteiger partial charge in [-0.25, -0.2) is 0 Å². The highest BCUT2D eigenvalue weighted by Gasteiger charge is 2.37. The minimum atomic E-state index is -0.854. The third kappa shape index (κ3) is 2.48. The number of aryl methyl sites for hydroxylation is 1. The number of carbonyl (C=O) groups is 2. The maximum absolute atomic E-state index is 12.7. The normalized spacial score (nSPS) is 23.8. The van der Waals surface area contributed by atoms with Crippen LogP contribution in [-0.2, 0) is 11.2 Å². The second kappa shape index (κ2) is 5.65. The summed E-state index contributed by atoms with van der Waals surface area (Å²) >= 11 is 0. The maximum atomic E-state index is 12.7. The zero-order valence-corrected chi connectivity index (χ0v) is 11.8. The lowest BCUT2D eigenvalue weighted by atomic mass is 9.91. The molecule has 3 rings (SSSR count). The number of pyridine rings is 1. The standard InChI is InChI=1S/C14H15N5O3/c15-18-17-12-6-4-10-11(16-12)5-3-9-2-1-8(14(21)22)7-19(9)13(10)20/h4,6,8-9H,1-3,5,7H2,(H,21,22). The number of hydrogen-bond donors (Lipinski definition) is 1. The molecule has 0 saturated carbocycles. The first-order valence-corrected chi connectivity index (χ1v) is 7.19. The lowest BCUT2D eigenvalue weighted by Gasteiger charge is -2.37. The highest BCUT2D eigenvalue weighted by Crippen LogP contribution is 2.31. The van der Waals surface area contributed by atoms with Crippen LogP contribution >= 0.6 is 0 Å². The van der Waals surface area contributed by atoms with Gasteiger partial charge in [0.2, 0.25) is 0 Å². The van der Waals surface area contributed by atoms with E-state index in [4.69, 9.17) is 5.53 Å². The number of carboxylic acids is 1. The third-order valence-corrected chi connectivity index (χ3v) is 4.37. The summed E-state index contributed by atoms with van der Waals surface area (Å²) in [4.78, 5) is 32.5. The van der Waals surface area contributed by atoms with Gasteiger partial charge in [0.05, 0.1) is 17.2 Å². The summed E-state index contributed by atoms with van der Waals surface area (Å²) in [5, 5.41) is 12.6. The van der Waals surface area contributed by atoms with E-state index in [-0.39, 0.29) is 24.3 Å². The van der Waals surface area contributed by atoms with E-state index < -0.39 is 11.9 Å². The van der Waals surface area contributed by atoms with Crippen LogP contribution in [0.4, 0.5) is 5.82 Å². The summed E-state index contributed by atoms with van der Waals surface area (Å²) in [5.41, 5.74) is 9.57. The number of aromatic nitrogens is 1. The fourth-order valence-corrected chi connectivity index (χ4v) is 3.21. The van der Waals surface area contributed by atoms with Crippen LogP contribution < -0.4 is 0 Å². The van der Waals surface area contributed by atoms with E-state index in [2.05, 4.69) is 15.0 Å². The topological polar surface area (TPSA) is 119 Å². The average molecular weight is 301 g/mol. The first-order chi connectivity index (χ1) is 10.6. The molecule has 1 amide bonds. The minimum absolute atomic E-state index is 0.0558. The number of carbonyl (C=O) groups excluding carboxylic acids is 1. The van der Waals surface area contributed by atoms with Crippen LogP contribution in [0.25, 0.3) is 10.4 Å². The molecule has 8 nitrogen and oxygen atoms in total. The Morgan fingerprint density at radius 2 is 2.23 bits per heavy atom. The van der Waals surface area contributed by atoms with Crippen molar-refractivity contribution >= 4 is 17.7 Å². The molecule has 2 atom stereocenters. The number of aliphatic carboxylic acids is 1. The van der Waals surface area contributed by atoms with E-state index >= 15 is 0 Å². The first kappa shape index (κ1) is 14.3. The molecule has 0 bridgehead atoms. The van der Waals surface area contributed by atoms with Gasteiger partial charge in [0.25, 0.3) is 5.91 Å². The highest BCUT2D eigenvalue weighted by atomic mass is 16.4. The molecular weight excluding hydrogens is 286 g/mol. The molecule has 2 unspecified atom stereocenters. The summed E-state index contributed by atoms with van der Waals surface area (Å²) in [6, 6.07) is 3.18. The molecule has 0 aromatic carbocycles. The van der Waals surface area contributed by atoms with Crippen molar-refractivity contribution in [1.82, 2.24) is 9.88 Å². The lowest BCUT2D eigenvalue weighted by molar-refractivity contribution is -0.143. The molecule has 1 saturated heterocycles. The van der Waals surface area contributed by atoms with Crippen LogP contribution in [0.5, 0.6) is 0 Å². The molecule has 1 aromatic rings. The summed E-state index contributed by atoms with van der Waals surface area (Å²) in [7, 11) is 0. The summed E-state index contributed by atoms with van der Waals surface area (Å²) in [5.74, 6) is -1.29. The van der Waals surface area contributed by atoms with E-state index in [9.17, 15) is 14.7 Å². The van der Waals surface area contributed by atoms with Gasteiger partial charge in [-0.05, 0) is 48.5 Å². The molecule has 1 fully saturated rings. The number of rotatable bonds is 2. The van der Waals surface area contributed by atoms with E-state index in [0.717, 1.165) is 6.42 Å². The van der Waals surface area contributed by atoms with Crippen LogP contribution in [0, 0.1) is 5.92 Å². The molecule has 2 aliphatic rings. The van der Waals surface area contributed by atoms with Gasteiger partial charge in [-0.15, -0.1) is 0 Å². The molecule has 0 radical (unpaired) electrons. The van der Waals surface area contributed by atoms with Gasteiger partial charge >= 0.3 is 5.97 Å². The Morgan fingerprint density at radius 1 is 1.41 bits per heavy atom. The van der Waals surface area contributed by atoms with Crippen LogP contribution in [0.2, 0.25) is 0 Å². The largest absolute Gasteiger partial charge is 0.481 e. The molecule has 2 aliphatic heterocycles. The fourth-order valence-electron chi connectivity index (χ4n) is 3.21. The van der Waals surface area contributed by atoms with Gasteiger partial charge in [0.15, 0.2) is 0 Å². The van der Waals surface area contributed by atoms with E-state index in [1.807, 2.05) is 0 Å². The molecule has 114 valence electrons. The SMILES string of the molecule is [N-]=[N+]=Nc1ccc2c(n1)CCC1CCC(C(=O)O)CN1C2=O. The molecule has 1 aromatic heterocycles. The monoisotopic (exact) mass is 301 g/mol. The maximum Gasteiger partial charge on any atom is 0.308 e. The van der Waals surface area contributed by atoms with Crippen molar-refractivity contribution in [2.45, 2.75) is 31.7 Å². The smallest absolute Gasteiger partial charge is 0.308 e. The Balaban J connectivity index is 1.93. The second-order valence-corrected chi connectivity index (χ2v) is 5.62. The second-order valence-electron chi connectivity index (χ2n) is 5.62. The lowest BCUT2D eigenvalue weighted by Crippen LogP contribution is -2.47. The molecule has 1 N–H and O–H groups in total. The van der Waals surface area contributed by atoms with Crippen LogP contribution in [0.3, 0.4) is 0 Å². The highest BCUT2D eigenvalue weighted by molar-refractivity contribution is 5.96. The number of piperidine rings is 1. The zero-order valence-electron chi connectivity index (χ0n) is 11.8. The Labute approximate surface area is 126 Å². The molecule has 0 aliphatic carbocycles. The quantitative estimate of drug-likeness (QED) is 0.511. The van der Waals surface area contributed by atoms with Crippen molar-refractivity contribution in [2.75, 3.05) is 6.54 Å². The predicted molar refractivity (Wildman–Crippen MR) is 76.5 cm³/mol. The van der Waals surface area contributed by atoms with Crippen molar-refractivity contribution in [2.24, 2.45) is 11.0 Å². The van der Waals surface area contributed by atoms with Gasteiger partial charge < -0.3 is 10.0 Å². The van der Waals surface area contributed by atoms with E-state index in [1.165, 1.54) is 6.07 Å². The van der Waals surface area contributed by atoms with Gasteiger partial charge in [-0.2, -0.15) is 0 Å². The van der Waals surface area contributed by atoms with Gasteiger partial charge in [0.1, 0.15) is 5.82 Å². The Morgan fingerprint density at radius 3 is 2.95 bits per heavy atom. The molecule has 3 heterocycles. The summed E-state index contributed by atoms with van der Waals surface area (Å²) in [6.45, 7) is 0.246. The minimum Gasteiger partial charge on any atom is -0.481 e.